The lowest BCUT2D eigenvalue weighted by molar-refractivity contribution is 0.0793. The first kappa shape index (κ1) is 19.2. The number of carbonyl (C=O) groups is 1. The second-order valence-corrected chi connectivity index (χ2v) is 6.80. The summed E-state index contributed by atoms with van der Waals surface area (Å²) < 4.78 is 0. The maximum atomic E-state index is 13.2. The predicted molar refractivity (Wildman–Crippen MR) is 113 cm³/mol. The van der Waals surface area contributed by atoms with Crippen LogP contribution in [0.3, 0.4) is 0 Å². The first-order valence-electron chi connectivity index (χ1n) is 8.41. The number of pyridine rings is 1. The molecule has 1 aromatic heterocycles. The number of aromatic nitrogens is 1. The van der Waals surface area contributed by atoms with Crippen LogP contribution >= 0.6 is 23.2 Å². The van der Waals surface area contributed by atoms with Gasteiger partial charge in [-0.05, 0) is 24.3 Å². The average Bonchev–Trinajstić information content (AvgIpc) is 2.68. The topological polar surface area (TPSA) is 33.2 Å². The zero-order valence-electron chi connectivity index (χ0n) is 14.7. The highest BCUT2D eigenvalue weighted by Gasteiger charge is 2.18. The Labute approximate surface area is 168 Å². The zero-order chi connectivity index (χ0) is 19.4. The van der Waals surface area contributed by atoms with E-state index in [2.05, 4.69) is 13.2 Å². The lowest BCUT2D eigenvalue weighted by atomic mass is 10.0. The third-order valence-corrected chi connectivity index (χ3v) is 4.89. The summed E-state index contributed by atoms with van der Waals surface area (Å²) in [5, 5.41) is 1.71. The summed E-state index contributed by atoms with van der Waals surface area (Å²) in [4.78, 5) is 19.6. The van der Waals surface area contributed by atoms with Crippen molar-refractivity contribution in [3.63, 3.8) is 0 Å². The van der Waals surface area contributed by atoms with Gasteiger partial charge < -0.3 is 4.90 Å². The van der Waals surface area contributed by atoms with E-state index in [1.54, 1.807) is 35.3 Å². The Kier molecular flexibility index (Phi) is 5.94. The largest absolute Gasteiger partial charge is 0.331 e. The molecule has 2 aromatic carbocycles. The van der Waals surface area contributed by atoms with Crippen molar-refractivity contribution in [3.05, 3.63) is 89.4 Å². The van der Waals surface area contributed by atoms with Crippen molar-refractivity contribution in [1.82, 2.24) is 9.88 Å². The Morgan fingerprint density at radius 1 is 1.00 bits per heavy atom. The summed E-state index contributed by atoms with van der Waals surface area (Å²) in [6.07, 6.45) is 3.40. The van der Waals surface area contributed by atoms with E-state index in [-0.39, 0.29) is 5.91 Å². The van der Waals surface area contributed by atoms with E-state index in [4.69, 9.17) is 28.2 Å². The third-order valence-electron chi connectivity index (χ3n) is 4.15. The molecule has 0 fully saturated rings. The van der Waals surface area contributed by atoms with Crippen molar-refractivity contribution in [3.8, 4) is 11.3 Å². The van der Waals surface area contributed by atoms with E-state index >= 15 is 0 Å². The number of hydrogen-bond donors (Lipinski definition) is 0. The maximum absolute atomic E-state index is 13.2. The molecule has 0 unspecified atom stereocenters. The number of carbonyl (C=O) groups excluding carboxylic acids is 1. The number of rotatable bonds is 6. The van der Waals surface area contributed by atoms with Gasteiger partial charge in [0.1, 0.15) is 0 Å². The van der Waals surface area contributed by atoms with Crippen LogP contribution in [0.15, 0.2) is 73.8 Å². The molecule has 3 nitrogen and oxygen atoms in total. The standard InChI is InChI=1S/C22H18Cl2N2O/c1-3-11-26(12-4-2)22(27)17-14-21(15-9-10-18(23)19(24)13-15)25-20-8-6-5-7-16(17)20/h3-10,13-14H,1-2,11-12H2. The molecule has 1 amide bonds. The van der Waals surface area contributed by atoms with E-state index in [1.165, 1.54) is 0 Å². The fraction of sp³-hybridized carbons (Fsp3) is 0.0909. The molecule has 0 bridgehead atoms. The first-order chi connectivity index (χ1) is 13.0. The highest BCUT2D eigenvalue weighted by Crippen LogP contribution is 2.30. The minimum atomic E-state index is -0.102. The Morgan fingerprint density at radius 3 is 2.37 bits per heavy atom. The van der Waals surface area contributed by atoms with Gasteiger partial charge in [0, 0.05) is 24.0 Å². The number of amides is 1. The molecule has 0 aliphatic rings. The number of hydrogen-bond acceptors (Lipinski definition) is 2. The summed E-state index contributed by atoms with van der Waals surface area (Å²) >= 11 is 12.2. The van der Waals surface area contributed by atoms with E-state index in [0.29, 0.717) is 34.4 Å². The minimum Gasteiger partial charge on any atom is -0.331 e. The van der Waals surface area contributed by atoms with Crippen molar-refractivity contribution in [2.24, 2.45) is 0 Å². The van der Waals surface area contributed by atoms with Crippen LogP contribution < -0.4 is 0 Å². The molecule has 27 heavy (non-hydrogen) atoms. The predicted octanol–water partition coefficient (Wildman–Crippen LogP) is 6.02. The fourth-order valence-electron chi connectivity index (χ4n) is 2.88. The van der Waals surface area contributed by atoms with E-state index in [9.17, 15) is 4.79 Å². The molecule has 0 radical (unpaired) electrons. The van der Waals surface area contributed by atoms with E-state index in [0.717, 1.165) is 16.5 Å². The summed E-state index contributed by atoms with van der Waals surface area (Å²) in [5.41, 5.74) is 2.77. The van der Waals surface area contributed by atoms with E-state index in [1.807, 2.05) is 30.3 Å². The molecular weight excluding hydrogens is 379 g/mol. The van der Waals surface area contributed by atoms with Gasteiger partial charge >= 0.3 is 0 Å². The van der Waals surface area contributed by atoms with Gasteiger partial charge in [-0.2, -0.15) is 0 Å². The summed E-state index contributed by atoms with van der Waals surface area (Å²) in [7, 11) is 0. The Morgan fingerprint density at radius 2 is 1.70 bits per heavy atom. The Hall–Kier alpha value is -2.62. The summed E-state index contributed by atoms with van der Waals surface area (Å²) in [6.45, 7) is 8.34. The monoisotopic (exact) mass is 396 g/mol. The van der Waals surface area contributed by atoms with Crippen LogP contribution in [-0.2, 0) is 0 Å². The SMILES string of the molecule is C=CCN(CC=C)C(=O)c1cc(-c2ccc(Cl)c(Cl)c2)nc2ccccc12. The lowest BCUT2D eigenvalue weighted by Gasteiger charge is -2.20. The van der Waals surface area contributed by atoms with Crippen LogP contribution in [-0.4, -0.2) is 28.9 Å². The first-order valence-corrected chi connectivity index (χ1v) is 9.17. The Balaban J connectivity index is 2.18. The maximum Gasteiger partial charge on any atom is 0.255 e. The van der Waals surface area contributed by atoms with Gasteiger partial charge in [0.15, 0.2) is 0 Å². The van der Waals surface area contributed by atoms with Gasteiger partial charge in [-0.3, -0.25) is 4.79 Å². The molecule has 5 heteroatoms. The van der Waals surface area contributed by atoms with Gasteiger partial charge in [0.05, 0.1) is 26.8 Å². The van der Waals surface area contributed by atoms with Crippen molar-refractivity contribution in [2.75, 3.05) is 13.1 Å². The number of nitrogens with zero attached hydrogens (tertiary/aromatic N) is 2. The van der Waals surface area contributed by atoms with Crippen LogP contribution in [0.1, 0.15) is 10.4 Å². The number of benzene rings is 2. The van der Waals surface area contributed by atoms with Crippen LogP contribution in [0, 0.1) is 0 Å². The average molecular weight is 397 g/mol. The molecule has 3 aromatic rings. The van der Waals surface area contributed by atoms with Crippen LogP contribution in [0.25, 0.3) is 22.2 Å². The normalized spacial score (nSPS) is 10.6. The highest BCUT2D eigenvalue weighted by molar-refractivity contribution is 6.42. The van der Waals surface area contributed by atoms with Gasteiger partial charge in [0.25, 0.3) is 5.91 Å². The molecule has 0 atom stereocenters. The van der Waals surface area contributed by atoms with Gasteiger partial charge in [-0.1, -0.05) is 59.6 Å². The van der Waals surface area contributed by atoms with Crippen LogP contribution in [0.5, 0.6) is 0 Å². The third kappa shape index (κ3) is 4.05. The van der Waals surface area contributed by atoms with E-state index < -0.39 is 0 Å². The fourth-order valence-corrected chi connectivity index (χ4v) is 3.18. The van der Waals surface area contributed by atoms with Crippen molar-refractivity contribution < 1.29 is 4.79 Å². The molecule has 3 rings (SSSR count). The molecule has 0 spiro atoms. The summed E-state index contributed by atoms with van der Waals surface area (Å²) in [6, 6.07) is 14.7. The molecule has 0 aliphatic heterocycles. The van der Waals surface area contributed by atoms with Crippen LogP contribution in [0.2, 0.25) is 10.0 Å². The Bertz CT molecular complexity index is 1020. The zero-order valence-corrected chi connectivity index (χ0v) is 16.2. The number of fused-ring (bicyclic) bond motifs is 1. The van der Waals surface area contributed by atoms with Crippen molar-refractivity contribution in [2.45, 2.75) is 0 Å². The highest BCUT2D eigenvalue weighted by atomic mass is 35.5. The number of halogens is 2. The quantitative estimate of drug-likeness (QED) is 0.477. The van der Waals surface area contributed by atoms with Crippen molar-refractivity contribution in [1.29, 1.82) is 0 Å². The molecule has 1 heterocycles. The molecule has 0 aliphatic carbocycles. The summed E-state index contributed by atoms with van der Waals surface area (Å²) in [5.74, 6) is -0.102. The minimum absolute atomic E-state index is 0.102. The molecular formula is C22H18Cl2N2O. The molecule has 136 valence electrons. The molecule has 0 saturated heterocycles. The van der Waals surface area contributed by atoms with Gasteiger partial charge in [0.2, 0.25) is 0 Å². The van der Waals surface area contributed by atoms with Gasteiger partial charge in [-0.15, -0.1) is 13.2 Å². The van der Waals surface area contributed by atoms with Crippen molar-refractivity contribution >= 4 is 40.0 Å². The second-order valence-electron chi connectivity index (χ2n) is 5.99. The van der Waals surface area contributed by atoms with Crippen LogP contribution in [0.4, 0.5) is 0 Å². The second kappa shape index (κ2) is 8.38. The van der Waals surface area contributed by atoms with Gasteiger partial charge in [-0.25, -0.2) is 4.98 Å². The molecule has 0 N–H and O–H groups in total. The molecule has 0 saturated carbocycles. The smallest absolute Gasteiger partial charge is 0.255 e. The number of para-hydroxylation sites is 1. The lowest BCUT2D eigenvalue weighted by Crippen LogP contribution is -2.31.